The van der Waals surface area contributed by atoms with Gasteiger partial charge in [0.1, 0.15) is 11.9 Å². The number of para-hydroxylation sites is 1. The Morgan fingerprint density at radius 2 is 2.06 bits per heavy atom. The topological polar surface area (TPSA) is 127 Å². The van der Waals surface area contributed by atoms with Crippen molar-refractivity contribution in [2.75, 3.05) is 12.4 Å². The van der Waals surface area contributed by atoms with Crippen LogP contribution < -0.4 is 10.6 Å². The molecule has 0 saturated heterocycles. The van der Waals surface area contributed by atoms with Crippen LogP contribution >= 0.6 is 0 Å². The largest absolute Gasteiger partial charge is 0.481 e. The fourth-order valence-electron chi connectivity index (χ4n) is 3.85. The minimum atomic E-state index is -1.06. The maximum atomic E-state index is 13.0. The molecule has 1 aliphatic heterocycles. The van der Waals surface area contributed by atoms with Crippen LogP contribution in [-0.4, -0.2) is 50.8 Å². The maximum Gasteiger partial charge on any atom is 0.308 e. The third kappa shape index (κ3) is 4.01. The molecule has 2 unspecified atom stereocenters. The van der Waals surface area contributed by atoms with E-state index in [1.807, 2.05) is 25.1 Å². The Morgan fingerprint density at radius 1 is 1.28 bits per heavy atom. The highest BCUT2D eigenvalue weighted by atomic mass is 16.4. The fourth-order valence-corrected chi connectivity index (χ4v) is 3.85. The number of anilines is 1. The first-order chi connectivity index (χ1) is 15.2. The molecular formula is C23H25N5O4. The van der Waals surface area contributed by atoms with Gasteiger partial charge in [-0.05, 0) is 49.2 Å². The van der Waals surface area contributed by atoms with Crippen LogP contribution in [0.3, 0.4) is 0 Å². The second kappa shape index (κ2) is 8.33. The number of carboxylic acids is 1. The number of aryl methyl sites for hydroxylation is 1. The number of aromatic amines is 1. The minimum absolute atomic E-state index is 0.184. The smallest absolute Gasteiger partial charge is 0.308 e. The molecule has 0 aliphatic carbocycles. The summed E-state index contributed by atoms with van der Waals surface area (Å²) in [5.41, 5.74) is 4.71. The van der Waals surface area contributed by atoms with E-state index in [0.29, 0.717) is 23.6 Å². The number of carboxylic acid groups (broad SMARTS) is 1. The summed E-state index contributed by atoms with van der Waals surface area (Å²) in [6, 6.07) is 10.1. The summed E-state index contributed by atoms with van der Waals surface area (Å²) in [4.78, 5) is 46.1. The number of imidazole rings is 1. The lowest BCUT2D eigenvalue weighted by atomic mass is 10.0. The number of benzene rings is 2. The van der Waals surface area contributed by atoms with Crippen molar-refractivity contribution in [3.8, 4) is 0 Å². The van der Waals surface area contributed by atoms with Gasteiger partial charge in [-0.1, -0.05) is 12.1 Å². The van der Waals surface area contributed by atoms with Gasteiger partial charge < -0.3 is 25.6 Å². The Bertz CT molecular complexity index is 1220. The number of aromatic nitrogens is 2. The quantitative estimate of drug-likeness (QED) is 0.487. The highest BCUT2D eigenvalue weighted by Crippen LogP contribution is 2.24. The van der Waals surface area contributed by atoms with Gasteiger partial charge in [-0.25, -0.2) is 4.98 Å². The Balaban J connectivity index is 1.52. The van der Waals surface area contributed by atoms with Crippen LogP contribution in [0.1, 0.15) is 34.2 Å². The van der Waals surface area contributed by atoms with Gasteiger partial charge in [-0.3, -0.25) is 14.4 Å². The van der Waals surface area contributed by atoms with E-state index in [1.54, 1.807) is 30.1 Å². The van der Waals surface area contributed by atoms with Crippen molar-refractivity contribution in [1.29, 1.82) is 0 Å². The number of carbonyl (C=O) groups excluding carboxylic acids is 2. The molecule has 4 rings (SSSR count). The molecule has 1 aliphatic rings. The number of carbonyl (C=O) groups is 3. The zero-order valence-corrected chi connectivity index (χ0v) is 18.1. The number of amides is 2. The number of hydrogen-bond donors (Lipinski definition) is 4. The molecule has 2 heterocycles. The van der Waals surface area contributed by atoms with Crippen molar-refractivity contribution in [3.63, 3.8) is 0 Å². The lowest BCUT2D eigenvalue weighted by Crippen LogP contribution is -2.44. The number of H-pyrrole nitrogens is 1. The number of aliphatic carboxylic acids is 1. The average molecular weight is 435 g/mol. The molecule has 2 atom stereocenters. The van der Waals surface area contributed by atoms with Gasteiger partial charge in [0.15, 0.2) is 0 Å². The molecule has 0 bridgehead atoms. The highest BCUT2D eigenvalue weighted by Gasteiger charge is 2.32. The molecule has 4 N–H and O–H groups in total. The van der Waals surface area contributed by atoms with Gasteiger partial charge in [0.25, 0.3) is 5.91 Å². The zero-order chi connectivity index (χ0) is 23.0. The Labute approximate surface area is 184 Å². The summed E-state index contributed by atoms with van der Waals surface area (Å²) in [6.07, 6.45) is 0. The summed E-state index contributed by atoms with van der Waals surface area (Å²) in [6.45, 7) is 4.00. The van der Waals surface area contributed by atoms with Crippen LogP contribution in [0.15, 0.2) is 36.4 Å². The van der Waals surface area contributed by atoms with E-state index < -0.39 is 17.9 Å². The second-order valence-electron chi connectivity index (χ2n) is 8.15. The van der Waals surface area contributed by atoms with Gasteiger partial charge in [-0.15, -0.1) is 0 Å². The number of hydrogen-bond acceptors (Lipinski definition) is 5. The molecule has 0 spiro atoms. The molecule has 2 amide bonds. The molecule has 0 fully saturated rings. The standard InChI is InChI=1S/C23H25N5O4/c1-12-5-4-6-17-19(12)27-18(25-17)11-28(3)22(30)14-7-8-16-15(9-14)10-24-21(29)20(26-16)13(2)23(31)32/h4-9,13,20,26H,10-11H2,1-3H3,(H,24,29)(H,25,27)(H,31,32). The number of nitrogens with one attached hydrogen (secondary N) is 3. The van der Waals surface area contributed by atoms with Crippen molar-refractivity contribution in [3.05, 3.63) is 58.9 Å². The normalized spacial score (nSPS) is 16.5. The first kappa shape index (κ1) is 21.4. The van der Waals surface area contributed by atoms with E-state index >= 15 is 0 Å². The zero-order valence-electron chi connectivity index (χ0n) is 18.1. The van der Waals surface area contributed by atoms with Crippen molar-refractivity contribution < 1.29 is 19.5 Å². The molecular weight excluding hydrogens is 410 g/mol. The Hall–Kier alpha value is -3.88. The van der Waals surface area contributed by atoms with Gasteiger partial charge in [0.05, 0.1) is 23.5 Å². The van der Waals surface area contributed by atoms with E-state index in [4.69, 9.17) is 0 Å². The van der Waals surface area contributed by atoms with Crippen molar-refractivity contribution >= 4 is 34.5 Å². The SMILES string of the molecule is Cc1cccc2[nH]c(CN(C)C(=O)c3ccc4c(c3)CNC(=O)C(C(C)C(=O)O)N4)nc12. The molecule has 9 heteroatoms. The number of fused-ring (bicyclic) bond motifs is 2. The molecule has 9 nitrogen and oxygen atoms in total. The van der Waals surface area contributed by atoms with Crippen LogP contribution in [0.5, 0.6) is 0 Å². The predicted molar refractivity (Wildman–Crippen MR) is 119 cm³/mol. The van der Waals surface area contributed by atoms with Gasteiger partial charge in [0, 0.05) is 24.8 Å². The molecule has 0 radical (unpaired) electrons. The molecule has 1 aromatic heterocycles. The van der Waals surface area contributed by atoms with Gasteiger partial charge >= 0.3 is 5.97 Å². The van der Waals surface area contributed by atoms with Crippen LogP contribution in [0.4, 0.5) is 5.69 Å². The van der Waals surface area contributed by atoms with E-state index in [0.717, 1.165) is 22.2 Å². The van der Waals surface area contributed by atoms with E-state index in [9.17, 15) is 19.5 Å². The van der Waals surface area contributed by atoms with Gasteiger partial charge in [-0.2, -0.15) is 0 Å². The van der Waals surface area contributed by atoms with Crippen LogP contribution in [0.25, 0.3) is 11.0 Å². The van der Waals surface area contributed by atoms with Crippen molar-refractivity contribution in [2.24, 2.45) is 5.92 Å². The first-order valence-electron chi connectivity index (χ1n) is 10.3. The van der Waals surface area contributed by atoms with Gasteiger partial charge in [0.2, 0.25) is 5.91 Å². The molecule has 32 heavy (non-hydrogen) atoms. The number of rotatable bonds is 5. The maximum absolute atomic E-state index is 13.0. The van der Waals surface area contributed by atoms with Crippen molar-refractivity contribution in [1.82, 2.24) is 20.2 Å². The third-order valence-corrected chi connectivity index (χ3v) is 5.79. The summed E-state index contributed by atoms with van der Waals surface area (Å²) in [7, 11) is 1.71. The van der Waals surface area contributed by atoms with E-state index in [1.165, 1.54) is 6.92 Å². The number of nitrogens with zero attached hydrogens (tertiary/aromatic N) is 2. The second-order valence-corrected chi connectivity index (χ2v) is 8.15. The highest BCUT2D eigenvalue weighted by molar-refractivity contribution is 5.96. The summed E-state index contributed by atoms with van der Waals surface area (Å²) in [5, 5.41) is 15.0. The molecule has 166 valence electrons. The predicted octanol–water partition coefficient (Wildman–Crippen LogP) is 2.27. The lowest BCUT2D eigenvalue weighted by molar-refractivity contribution is -0.143. The first-order valence-corrected chi connectivity index (χ1v) is 10.3. The third-order valence-electron chi connectivity index (χ3n) is 5.79. The van der Waals surface area contributed by atoms with Crippen LogP contribution in [-0.2, 0) is 22.7 Å². The lowest BCUT2D eigenvalue weighted by Gasteiger charge is -2.20. The Kier molecular flexibility index (Phi) is 5.56. The van der Waals surface area contributed by atoms with Crippen LogP contribution in [0, 0.1) is 12.8 Å². The summed E-state index contributed by atoms with van der Waals surface area (Å²) in [5.74, 6) is -1.84. The van der Waals surface area contributed by atoms with Crippen LogP contribution in [0.2, 0.25) is 0 Å². The summed E-state index contributed by atoms with van der Waals surface area (Å²) >= 11 is 0. The average Bonchev–Trinajstić information content (AvgIpc) is 3.11. The van der Waals surface area contributed by atoms with E-state index in [2.05, 4.69) is 20.6 Å². The minimum Gasteiger partial charge on any atom is -0.481 e. The van der Waals surface area contributed by atoms with E-state index in [-0.39, 0.29) is 18.4 Å². The molecule has 2 aromatic carbocycles. The van der Waals surface area contributed by atoms with Crippen molar-refractivity contribution in [2.45, 2.75) is 33.0 Å². The Morgan fingerprint density at radius 3 is 2.78 bits per heavy atom. The molecule has 0 saturated carbocycles. The monoisotopic (exact) mass is 435 g/mol. The molecule has 3 aromatic rings. The summed E-state index contributed by atoms with van der Waals surface area (Å²) < 4.78 is 0. The fraction of sp³-hybridized carbons (Fsp3) is 0.304.